The van der Waals surface area contributed by atoms with E-state index in [4.69, 9.17) is 13.9 Å². The maximum atomic E-state index is 11.0. The van der Waals surface area contributed by atoms with Crippen LogP contribution in [-0.2, 0) is 27.4 Å². The number of methoxy groups -OCH3 is 1. The number of hydrogen-bond donors (Lipinski definition) is 2. The van der Waals surface area contributed by atoms with Crippen LogP contribution in [0.2, 0.25) is 0 Å². The van der Waals surface area contributed by atoms with Gasteiger partial charge >= 0.3 is 0 Å². The van der Waals surface area contributed by atoms with Crippen LogP contribution in [0.4, 0.5) is 5.69 Å². The smallest absolute Gasteiger partial charge is 0.278 e. The summed E-state index contributed by atoms with van der Waals surface area (Å²) in [6.07, 6.45) is 0. The summed E-state index contributed by atoms with van der Waals surface area (Å²) >= 11 is 0. The van der Waals surface area contributed by atoms with Gasteiger partial charge in [0, 0.05) is 18.4 Å². The summed E-state index contributed by atoms with van der Waals surface area (Å²) in [5, 5.41) is 7.14. The lowest BCUT2D eigenvalue weighted by Crippen LogP contribution is -2.32. The molecule has 1 aromatic carbocycles. The van der Waals surface area contributed by atoms with Crippen molar-refractivity contribution in [2.75, 3.05) is 19.0 Å². The van der Waals surface area contributed by atoms with Crippen molar-refractivity contribution in [1.29, 1.82) is 0 Å². The standard InChI is InChI=1S/C16H17N3O4/c1-21-9-14-7-6-13(23-14)8-17-12-4-2-11(3-5-12)16-19-18-15(20)10-22-16/h2-7,17H,8-10H2,1H3,(H,18,20). The van der Waals surface area contributed by atoms with Gasteiger partial charge in [0.05, 0.1) is 6.54 Å². The highest BCUT2D eigenvalue weighted by molar-refractivity contribution is 5.98. The second-order valence-corrected chi connectivity index (χ2v) is 4.97. The van der Waals surface area contributed by atoms with Crippen molar-refractivity contribution in [3.8, 4) is 0 Å². The van der Waals surface area contributed by atoms with Gasteiger partial charge in [-0.25, -0.2) is 5.43 Å². The fraction of sp³-hybridized carbons (Fsp3) is 0.250. The van der Waals surface area contributed by atoms with Crippen molar-refractivity contribution in [3.05, 3.63) is 53.5 Å². The van der Waals surface area contributed by atoms with E-state index in [2.05, 4.69) is 15.8 Å². The third-order valence-corrected chi connectivity index (χ3v) is 3.22. The topological polar surface area (TPSA) is 85.1 Å². The molecule has 0 saturated carbocycles. The first-order valence-corrected chi connectivity index (χ1v) is 7.15. The summed E-state index contributed by atoms with van der Waals surface area (Å²) in [6, 6.07) is 11.4. The largest absolute Gasteiger partial charge is 0.466 e. The summed E-state index contributed by atoms with van der Waals surface area (Å²) in [5.41, 5.74) is 4.14. The molecular weight excluding hydrogens is 298 g/mol. The van der Waals surface area contributed by atoms with Crippen molar-refractivity contribution in [3.63, 3.8) is 0 Å². The highest BCUT2D eigenvalue weighted by Gasteiger charge is 2.13. The molecule has 0 saturated heterocycles. The van der Waals surface area contributed by atoms with Crippen LogP contribution in [0.3, 0.4) is 0 Å². The number of nitrogens with zero attached hydrogens (tertiary/aromatic N) is 1. The fourth-order valence-electron chi connectivity index (χ4n) is 2.12. The second kappa shape index (κ2) is 6.97. The van der Waals surface area contributed by atoms with Crippen LogP contribution in [0.25, 0.3) is 0 Å². The van der Waals surface area contributed by atoms with E-state index in [1.807, 2.05) is 36.4 Å². The Balaban J connectivity index is 1.58. The van der Waals surface area contributed by atoms with Crippen LogP contribution in [0.5, 0.6) is 0 Å². The Morgan fingerprint density at radius 1 is 1.22 bits per heavy atom. The van der Waals surface area contributed by atoms with Crippen molar-refractivity contribution >= 4 is 17.5 Å². The first-order valence-electron chi connectivity index (χ1n) is 7.15. The van der Waals surface area contributed by atoms with E-state index < -0.39 is 0 Å². The Bertz CT molecular complexity index is 706. The maximum Gasteiger partial charge on any atom is 0.278 e. The van der Waals surface area contributed by atoms with Crippen molar-refractivity contribution in [2.24, 2.45) is 5.10 Å². The lowest BCUT2D eigenvalue weighted by Gasteiger charge is -2.14. The number of hydrazone groups is 1. The molecule has 23 heavy (non-hydrogen) atoms. The summed E-state index contributed by atoms with van der Waals surface area (Å²) in [7, 11) is 1.63. The molecule has 2 N–H and O–H groups in total. The van der Waals surface area contributed by atoms with Crippen LogP contribution in [-0.4, -0.2) is 25.5 Å². The number of rotatable bonds is 6. The van der Waals surface area contributed by atoms with Gasteiger partial charge in [-0.2, -0.15) is 0 Å². The number of furan rings is 1. The number of amides is 1. The van der Waals surface area contributed by atoms with Gasteiger partial charge in [0.15, 0.2) is 6.61 Å². The van der Waals surface area contributed by atoms with Crippen LogP contribution >= 0.6 is 0 Å². The molecule has 7 heteroatoms. The summed E-state index contributed by atoms with van der Waals surface area (Å²) in [5.74, 6) is 1.79. The molecule has 120 valence electrons. The van der Waals surface area contributed by atoms with Gasteiger partial charge in [0.2, 0.25) is 5.90 Å². The summed E-state index contributed by atoms with van der Waals surface area (Å²) in [6.45, 7) is 1.03. The van der Waals surface area contributed by atoms with Gasteiger partial charge in [-0.15, -0.1) is 5.10 Å². The third kappa shape index (κ3) is 3.89. The van der Waals surface area contributed by atoms with Gasteiger partial charge in [0.1, 0.15) is 18.1 Å². The van der Waals surface area contributed by atoms with E-state index in [0.29, 0.717) is 19.0 Å². The monoisotopic (exact) mass is 315 g/mol. The zero-order valence-electron chi connectivity index (χ0n) is 12.7. The molecule has 0 aliphatic carbocycles. The molecule has 0 radical (unpaired) electrons. The molecule has 1 aliphatic heterocycles. The number of carbonyl (C=O) groups is 1. The normalized spacial score (nSPS) is 14.0. The predicted octanol–water partition coefficient (Wildman–Crippen LogP) is 1.85. The van der Waals surface area contributed by atoms with Crippen molar-refractivity contribution in [2.45, 2.75) is 13.2 Å². The number of anilines is 1. The van der Waals surface area contributed by atoms with Gasteiger partial charge in [-0.05, 0) is 36.4 Å². The molecule has 0 unspecified atom stereocenters. The Hall–Kier alpha value is -2.80. The lowest BCUT2D eigenvalue weighted by atomic mass is 10.2. The number of ether oxygens (including phenoxy) is 2. The molecule has 7 nitrogen and oxygen atoms in total. The van der Waals surface area contributed by atoms with Crippen molar-refractivity contribution < 1.29 is 18.7 Å². The fourth-order valence-corrected chi connectivity index (χ4v) is 2.12. The number of nitrogens with one attached hydrogen (secondary N) is 2. The summed E-state index contributed by atoms with van der Waals surface area (Å²) in [4.78, 5) is 11.0. The molecule has 0 atom stereocenters. The molecule has 3 rings (SSSR count). The molecule has 1 amide bonds. The molecule has 1 aromatic heterocycles. The van der Waals surface area contributed by atoms with Crippen LogP contribution in [0.15, 0.2) is 45.9 Å². The molecule has 0 spiro atoms. The van der Waals surface area contributed by atoms with Gasteiger partial charge < -0.3 is 19.2 Å². The van der Waals surface area contributed by atoms with Crippen LogP contribution in [0.1, 0.15) is 17.1 Å². The highest BCUT2D eigenvalue weighted by atomic mass is 16.5. The van der Waals surface area contributed by atoms with Crippen molar-refractivity contribution in [1.82, 2.24) is 5.43 Å². The highest BCUT2D eigenvalue weighted by Crippen LogP contribution is 2.15. The Morgan fingerprint density at radius 2 is 2.00 bits per heavy atom. The zero-order valence-corrected chi connectivity index (χ0v) is 12.7. The minimum Gasteiger partial charge on any atom is -0.466 e. The summed E-state index contributed by atoms with van der Waals surface area (Å²) < 4.78 is 15.9. The maximum absolute atomic E-state index is 11.0. The molecule has 0 bridgehead atoms. The van der Waals surface area contributed by atoms with E-state index in [0.717, 1.165) is 22.8 Å². The van der Waals surface area contributed by atoms with Gasteiger partial charge in [-0.1, -0.05) is 0 Å². The van der Waals surface area contributed by atoms with Gasteiger partial charge in [-0.3, -0.25) is 4.79 Å². The number of carbonyl (C=O) groups excluding carboxylic acids is 1. The first kappa shape index (κ1) is 15.1. The molecule has 2 aromatic rings. The minimum atomic E-state index is -0.252. The van der Waals surface area contributed by atoms with Crippen LogP contribution < -0.4 is 10.7 Å². The first-order chi connectivity index (χ1) is 11.2. The molecular formula is C16H17N3O4. The van der Waals surface area contributed by atoms with Crippen LogP contribution in [0, 0.1) is 0 Å². The molecule has 1 aliphatic rings. The molecule has 2 heterocycles. The number of hydrogen-bond acceptors (Lipinski definition) is 6. The van der Waals surface area contributed by atoms with E-state index in [-0.39, 0.29) is 12.5 Å². The minimum absolute atomic E-state index is 0.0128. The number of benzene rings is 1. The zero-order chi connectivity index (χ0) is 16.1. The van der Waals surface area contributed by atoms with Gasteiger partial charge in [0.25, 0.3) is 5.91 Å². The van der Waals surface area contributed by atoms with E-state index in [9.17, 15) is 4.79 Å². The Morgan fingerprint density at radius 3 is 2.70 bits per heavy atom. The van der Waals surface area contributed by atoms with E-state index in [1.165, 1.54) is 0 Å². The quantitative estimate of drug-likeness (QED) is 0.849. The molecule has 0 fully saturated rings. The third-order valence-electron chi connectivity index (χ3n) is 3.22. The predicted molar refractivity (Wildman–Crippen MR) is 83.8 cm³/mol. The second-order valence-electron chi connectivity index (χ2n) is 4.97. The Kier molecular flexibility index (Phi) is 4.58. The average molecular weight is 315 g/mol. The lowest BCUT2D eigenvalue weighted by molar-refractivity contribution is -0.124. The van der Waals surface area contributed by atoms with E-state index in [1.54, 1.807) is 7.11 Å². The Labute approximate surface area is 133 Å². The average Bonchev–Trinajstić information content (AvgIpc) is 3.02. The SMILES string of the molecule is COCc1ccc(CNc2ccc(C3=NNC(=O)CO3)cc2)o1. The van der Waals surface area contributed by atoms with E-state index >= 15 is 0 Å².